The van der Waals surface area contributed by atoms with Crippen molar-refractivity contribution in [1.82, 2.24) is 10.6 Å². The van der Waals surface area contributed by atoms with Gasteiger partial charge in [0.05, 0.1) is 11.6 Å². The second-order valence-corrected chi connectivity index (χ2v) is 6.71. The van der Waals surface area contributed by atoms with Gasteiger partial charge in [0.1, 0.15) is 0 Å². The van der Waals surface area contributed by atoms with E-state index in [0.717, 1.165) is 38.5 Å². The molecule has 0 aromatic rings. The van der Waals surface area contributed by atoms with Crippen molar-refractivity contribution in [2.24, 2.45) is 5.92 Å². The molecule has 0 aromatic carbocycles. The first-order chi connectivity index (χ1) is 9.36. The Kier molecular flexibility index (Phi) is 6.96. The molecule has 1 fully saturated rings. The summed E-state index contributed by atoms with van der Waals surface area (Å²) in [5.41, 5.74) is -0.629. The number of carbonyl (C=O) groups excluding carboxylic acids is 1. The maximum Gasteiger partial charge on any atom is 0.237 e. The van der Waals surface area contributed by atoms with Crippen molar-refractivity contribution in [1.29, 1.82) is 0 Å². The van der Waals surface area contributed by atoms with E-state index in [0.29, 0.717) is 12.5 Å². The Bertz CT molecular complexity index is 299. The van der Waals surface area contributed by atoms with Crippen LogP contribution in [0.2, 0.25) is 0 Å². The monoisotopic (exact) mass is 284 g/mol. The average molecular weight is 284 g/mol. The second-order valence-electron chi connectivity index (χ2n) is 6.71. The van der Waals surface area contributed by atoms with E-state index < -0.39 is 5.60 Å². The van der Waals surface area contributed by atoms with Crippen molar-refractivity contribution < 1.29 is 9.90 Å². The number of hydrogen-bond acceptors (Lipinski definition) is 3. The lowest BCUT2D eigenvalue weighted by atomic mass is 9.79. The van der Waals surface area contributed by atoms with E-state index >= 15 is 0 Å². The van der Waals surface area contributed by atoms with E-state index in [1.165, 1.54) is 0 Å². The van der Waals surface area contributed by atoms with E-state index in [4.69, 9.17) is 0 Å². The normalized spacial score (nSPS) is 29.8. The third-order valence-corrected chi connectivity index (χ3v) is 4.45. The van der Waals surface area contributed by atoms with Crippen LogP contribution in [0.1, 0.15) is 66.2 Å². The fourth-order valence-electron chi connectivity index (χ4n) is 2.79. The maximum atomic E-state index is 12.0. The molecule has 0 aromatic heterocycles. The molecule has 3 N–H and O–H groups in total. The second kappa shape index (κ2) is 7.99. The van der Waals surface area contributed by atoms with Crippen molar-refractivity contribution >= 4 is 5.91 Å². The highest BCUT2D eigenvalue weighted by molar-refractivity contribution is 5.81. The number of hydrogen-bond donors (Lipinski definition) is 3. The van der Waals surface area contributed by atoms with Gasteiger partial charge in [0, 0.05) is 12.6 Å². The minimum Gasteiger partial charge on any atom is -0.389 e. The van der Waals surface area contributed by atoms with Gasteiger partial charge in [-0.15, -0.1) is 0 Å². The fourth-order valence-corrected chi connectivity index (χ4v) is 2.79. The molecule has 4 nitrogen and oxygen atoms in total. The molecule has 118 valence electrons. The van der Waals surface area contributed by atoms with Gasteiger partial charge >= 0.3 is 0 Å². The number of aliphatic hydroxyl groups is 1. The quantitative estimate of drug-likeness (QED) is 0.672. The summed E-state index contributed by atoms with van der Waals surface area (Å²) in [5, 5.41) is 16.7. The molecule has 0 radical (unpaired) electrons. The Morgan fingerprint density at radius 1 is 1.35 bits per heavy atom. The van der Waals surface area contributed by atoms with Crippen LogP contribution in [0.4, 0.5) is 0 Å². The summed E-state index contributed by atoms with van der Waals surface area (Å²) in [7, 11) is 0. The number of carbonyl (C=O) groups is 1. The summed E-state index contributed by atoms with van der Waals surface area (Å²) < 4.78 is 0. The molecule has 2 atom stereocenters. The van der Waals surface area contributed by atoms with Gasteiger partial charge in [0.2, 0.25) is 5.91 Å². The maximum absolute atomic E-state index is 12.0. The van der Waals surface area contributed by atoms with Crippen LogP contribution >= 0.6 is 0 Å². The van der Waals surface area contributed by atoms with Crippen LogP contribution in [0.15, 0.2) is 0 Å². The summed E-state index contributed by atoms with van der Waals surface area (Å²) in [6, 6.07) is -0.0342. The molecule has 1 aliphatic rings. The zero-order valence-electron chi connectivity index (χ0n) is 13.5. The fraction of sp³-hybridized carbons (Fsp3) is 0.938. The molecular formula is C16H32N2O2. The molecule has 2 unspecified atom stereocenters. The summed E-state index contributed by atoms with van der Waals surface area (Å²) >= 11 is 0. The molecule has 1 aliphatic carbocycles. The third-order valence-electron chi connectivity index (χ3n) is 4.45. The molecule has 1 rings (SSSR count). The van der Waals surface area contributed by atoms with Gasteiger partial charge in [-0.1, -0.05) is 20.3 Å². The van der Waals surface area contributed by atoms with Gasteiger partial charge in [-0.25, -0.2) is 0 Å². The van der Waals surface area contributed by atoms with Gasteiger partial charge < -0.3 is 15.7 Å². The van der Waals surface area contributed by atoms with Gasteiger partial charge in [0.25, 0.3) is 0 Å². The Hall–Kier alpha value is -0.610. The molecule has 1 amide bonds. The molecular weight excluding hydrogens is 252 g/mol. The Morgan fingerprint density at radius 2 is 1.95 bits per heavy atom. The summed E-state index contributed by atoms with van der Waals surface area (Å²) in [6.45, 7) is 8.76. The predicted octanol–water partition coefficient (Wildman–Crippen LogP) is 2.21. The molecule has 1 saturated carbocycles. The summed E-state index contributed by atoms with van der Waals surface area (Å²) in [5.74, 6) is 0.740. The number of nitrogens with one attached hydrogen (secondary N) is 2. The number of rotatable bonds is 7. The highest BCUT2D eigenvalue weighted by Crippen LogP contribution is 2.31. The van der Waals surface area contributed by atoms with Gasteiger partial charge in [-0.3, -0.25) is 4.79 Å². The van der Waals surface area contributed by atoms with E-state index in [9.17, 15) is 9.90 Å². The standard InChI is InChI=1S/C16H32N2O2/c1-5-6-13(3)18-15(19)14(4)17-11-16(20)9-7-12(2)8-10-16/h12-14,17,20H,5-11H2,1-4H3,(H,18,19). The van der Waals surface area contributed by atoms with Crippen molar-refractivity contribution in [2.45, 2.75) is 83.9 Å². The van der Waals surface area contributed by atoms with E-state index in [2.05, 4.69) is 24.5 Å². The smallest absolute Gasteiger partial charge is 0.237 e. The average Bonchev–Trinajstić information content (AvgIpc) is 2.40. The van der Waals surface area contributed by atoms with Crippen molar-refractivity contribution in [3.05, 3.63) is 0 Å². The minimum atomic E-state index is -0.629. The van der Waals surface area contributed by atoms with Crippen molar-refractivity contribution in [3.63, 3.8) is 0 Å². The third kappa shape index (κ3) is 5.80. The minimum absolute atomic E-state index is 0.0266. The number of amides is 1. The van der Waals surface area contributed by atoms with Gasteiger partial charge in [-0.2, -0.15) is 0 Å². The molecule has 0 bridgehead atoms. The van der Waals surface area contributed by atoms with Crippen LogP contribution in [-0.4, -0.2) is 35.2 Å². The first kappa shape index (κ1) is 17.4. The lowest BCUT2D eigenvalue weighted by Gasteiger charge is -2.35. The van der Waals surface area contributed by atoms with E-state index in [1.54, 1.807) is 0 Å². The van der Waals surface area contributed by atoms with E-state index in [1.807, 2.05) is 13.8 Å². The molecule has 0 heterocycles. The van der Waals surface area contributed by atoms with Gasteiger partial charge in [0.15, 0.2) is 0 Å². The highest BCUT2D eigenvalue weighted by atomic mass is 16.3. The first-order valence-electron chi connectivity index (χ1n) is 8.12. The molecule has 0 saturated heterocycles. The molecule has 0 spiro atoms. The van der Waals surface area contributed by atoms with Crippen molar-refractivity contribution in [2.75, 3.05) is 6.54 Å². The van der Waals surface area contributed by atoms with Crippen LogP contribution in [-0.2, 0) is 4.79 Å². The summed E-state index contributed by atoms with van der Waals surface area (Å²) in [6.07, 6.45) is 5.89. The van der Waals surface area contributed by atoms with Crippen LogP contribution in [0, 0.1) is 5.92 Å². The van der Waals surface area contributed by atoms with Crippen LogP contribution in [0.5, 0.6) is 0 Å². The zero-order chi connectivity index (χ0) is 15.2. The largest absolute Gasteiger partial charge is 0.389 e. The Balaban J connectivity index is 2.31. The van der Waals surface area contributed by atoms with Crippen molar-refractivity contribution in [3.8, 4) is 0 Å². The summed E-state index contributed by atoms with van der Waals surface area (Å²) in [4.78, 5) is 12.0. The van der Waals surface area contributed by atoms with Crippen LogP contribution < -0.4 is 10.6 Å². The first-order valence-corrected chi connectivity index (χ1v) is 8.12. The van der Waals surface area contributed by atoms with Crippen LogP contribution in [0.25, 0.3) is 0 Å². The molecule has 20 heavy (non-hydrogen) atoms. The Morgan fingerprint density at radius 3 is 2.50 bits per heavy atom. The van der Waals surface area contributed by atoms with E-state index in [-0.39, 0.29) is 18.0 Å². The highest BCUT2D eigenvalue weighted by Gasteiger charge is 2.32. The predicted molar refractivity (Wildman–Crippen MR) is 82.6 cm³/mol. The Labute approximate surface area is 123 Å². The lowest BCUT2D eigenvalue weighted by Crippen LogP contribution is -2.51. The molecule has 4 heteroatoms. The SMILES string of the molecule is CCCC(C)NC(=O)C(C)NCC1(O)CCC(C)CC1. The van der Waals surface area contributed by atoms with Crippen LogP contribution in [0.3, 0.4) is 0 Å². The lowest BCUT2D eigenvalue weighted by molar-refractivity contribution is -0.123. The zero-order valence-corrected chi connectivity index (χ0v) is 13.5. The molecule has 0 aliphatic heterocycles. The van der Waals surface area contributed by atoms with Gasteiger partial charge in [-0.05, 0) is 51.9 Å². The topological polar surface area (TPSA) is 61.4 Å².